The molecular weight excluding hydrogens is 192 g/mol. The smallest absolute Gasteiger partial charge is 0.320 e. The van der Waals surface area contributed by atoms with Crippen LogP contribution in [0, 0.1) is 5.92 Å². The Bertz CT molecular complexity index is 211. The highest BCUT2D eigenvalue weighted by Gasteiger charge is 2.29. The first-order valence-corrected chi connectivity index (χ1v) is 5.78. The lowest BCUT2D eigenvalue weighted by molar-refractivity contribution is -0.144. The van der Waals surface area contributed by atoms with Gasteiger partial charge in [0, 0.05) is 6.04 Å². The van der Waals surface area contributed by atoms with E-state index in [-0.39, 0.29) is 12.1 Å². The van der Waals surface area contributed by atoms with Crippen LogP contribution in [0.2, 0.25) is 0 Å². The van der Waals surface area contributed by atoms with E-state index in [1.54, 1.807) is 0 Å². The molecule has 0 spiro atoms. The van der Waals surface area contributed by atoms with E-state index in [4.69, 9.17) is 10.8 Å². The minimum atomic E-state index is -0.697. The summed E-state index contributed by atoms with van der Waals surface area (Å²) in [4.78, 5) is 13.0. The number of carboxylic acid groups (broad SMARTS) is 1. The summed E-state index contributed by atoms with van der Waals surface area (Å²) in [6.07, 6.45) is 2.74. The van der Waals surface area contributed by atoms with Crippen molar-refractivity contribution in [3.05, 3.63) is 0 Å². The molecule has 0 amide bonds. The number of hydrogen-bond donors (Lipinski definition) is 2. The fourth-order valence-corrected chi connectivity index (χ4v) is 2.35. The van der Waals surface area contributed by atoms with E-state index < -0.39 is 5.97 Å². The molecule has 1 heterocycles. The number of carboxylic acids is 1. The largest absolute Gasteiger partial charge is 0.480 e. The molecule has 15 heavy (non-hydrogen) atoms. The quantitative estimate of drug-likeness (QED) is 0.730. The molecule has 4 heteroatoms. The molecule has 0 aliphatic carbocycles. The van der Waals surface area contributed by atoms with Gasteiger partial charge in [0.2, 0.25) is 0 Å². The highest BCUT2D eigenvalue weighted by atomic mass is 16.4. The van der Waals surface area contributed by atoms with Gasteiger partial charge in [-0.25, -0.2) is 0 Å². The predicted molar refractivity (Wildman–Crippen MR) is 59.7 cm³/mol. The number of rotatable bonds is 4. The van der Waals surface area contributed by atoms with Gasteiger partial charge in [0.15, 0.2) is 0 Å². The second kappa shape index (κ2) is 5.47. The molecule has 2 unspecified atom stereocenters. The molecule has 4 nitrogen and oxygen atoms in total. The fraction of sp³-hybridized carbons (Fsp3) is 0.909. The Morgan fingerprint density at radius 2 is 2.07 bits per heavy atom. The maximum absolute atomic E-state index is 11.0. The third-order valence-electron chi connectivity index (χ3n) is 3.43. The standard InChI is InChI=1S/C11H22N2O2/c1-3-10(11(14)15)13-6-4-9(5-7-13)8(2)12/h8-10H,3-7,12H2,1-2H3,(H,14,15). The van der Waals surface area contributed by atoms with Crippen molar-refractivity contribution in [1.29, 1.82) is 0 Å². The van der Waals surface area contributed by atoms with Gasteiger partial charge in [0.25, 0.3) is 0 Å². The lowest BCUT2D eigenvalue weighted by Crippen LogP contribution is -2.47. The molecule has 3 N–H and O–H groups in total. The van der Waals surface area contributed by atoms with Crippen LogP contribution in [0.25, 0.3) is 0 Å². The number of piperidine rings is 1. The summed E-state index contributed by atoms with van der Waals surface area (Å²) in [6, 6.07) is -0.0731. The van der Waals surface area contributed by atoms with Gasteiger partial charge in [-0.15, -0.1) is 0 Å². The second-order valence-electron chi connectivity index (χ2n) is 4.49. The van der Waals surface area contributed by atoms with Gasteiger partial charge >= 0.3 is 5.97 Å². The number of likely N-dealkylation sites (tertiary alicyclic amines) is 1. The van der Waals surface area contributed by atoms with Crippen molar-refractivity contribution in [3.63, 3.8) is 0 Å². The van der Waals surface area contributed by atoms with Crippen LogP contribution in [0.3, 0.4) is 0 Å². The van der Waals surface area contributed by atoms with Crippen LogP contribution in [0.15, 0.2) is 0 Å². The lowest BCUT2D eigenvalue weighted by Gasteiger charge is -2.36. The highest BCUT2D eigenvalue weighted by molar-refractivity contribution is 5.73. The molecule has 0 radical (unpaired) electrons. The van der Waals surface area contributed by atoms with Gasteiger partial charge < -0.3 is 10.8 Å². The average Bonchev–Trinajstić information content (AvgIpc) is 2.19. The van der Waals surface area contributed by atoms with E-state index in [9.17, 15) is 4.79 Å². The molecule has 2 atom stereocenters. The molecule has 1 aliphatic rings. The third-order valence-corrected chi connectivity index (χ3v) is 3.43. The van der Waals surface area contributed by atoms with Crippen molar-refractivity contribution < 1.29 is 9.90 Å². The lowest BCUT2D eigenvalue weighted by atomic mass is 9.90. The van der Waals surface area contributed by atoms with Gasteiger partial charge in [-0.1, -0.05) is 6.92 Å². The van der Waals surface area contributed by atoms with Crippen molar-refractivity contribution in [2.45, 2.75) is 45.2 Å². The van der Waals surface area contributed by atoms with Crippen LogP contribution >= 0.6 is 0 Å². The molecule has 0 bridgehead atoms. The minimum Gasteiger partial charge on any atom is -0.480 e. The third kappa shape index (κ3) is 3.18. The summed E-state index contributed by atoms with van der Waals surface area (Å²) >= 11 is 0. The van der Waals surface area contributed by atoms with Crippen LogP contribution in [0.5, 0.6) is 0 Å². The first-order valence-electron chi connectivity index (χ1n) is 5.78. The van der Waals surface area contributed by atoms with Crippen LogP contribution in [0.4, 0.5) is 0 Å². The Morgan fingerprint density at radius 3 is 2.40 bits per heavy atom. The van der Waals surface area contributed by atoms with Crippen LogP contribution in [-0.4, -0.2) is 41.1 Å². The Hall–Kier alpha value is -0.610. The van der Waals surface area contributed by atoms with E-state index in [0.717, 1.165) is 25.9 Å². The SMILES string of the molecule is CCC(C(=O)O)N1CCC(C(C)N)CC1. The van der Waals surface area contributed by atoms with Gasteiger partial charge in [0.1, 0.15) is 6.04 Å². The van der Waals surface area contributed by atoms with E-state index >= 15 is 0 Å². The summed E-state index contributed by atoms with van der Waals surface area (Å²) in [7, 11) is 0. The molecule has 0 aromatic rings. The molecule has 0 aromatic carbocycles. The molecule has 1 saturated heterocycles. The molecule has 0 saturated carbocycles. The van der Waals surface area contributed by atoms with E-state index in [2.05, 4.69) is 4.90 Å². The van der Waals surface area contributed by atoms with Crippen LogP contribution in [0.1, 0.15) is 33.1 Å². The van der Waals surface area contributed by atoms with E-state index in [0.29, 0.717) is 12.3 Å². The van der Waals surface area contributed by atoms with Crippen molar-refractivity contribution in [1.82, 2.24) is 4.90 Å². The normalized spacial score (nSPS) is 23.7. The summed E-state index contributed by atoms with van der Waals surface area (Å²) < 4.78 is 0. The zero-order valence-electron chi connectivity index (χ0n) is 9.65. The van der Waals surface area contributed by atoms with Crippen molar-refractivity contribution in [3.8, 4) is 0 Å². The highest BCUT2D eigenvalue weighted by Crippen LogP contribution is 2.21. The summed E-state index contributed by atoms with van der Waals surface area (Å²) in [6.45, 7) is 5.71. The fourth-order valence-electron chi connectivity index (χ4n) is 2.35. The monoisotopic (exact) mass is 214 g/mol. The Balaban J connectivity index is 2.45. The van der Waals surface area contributed by atoms with Crippen molar-refractivity contribution in [2.75, 3.05) is 13.1 Å². The zero-order chi connectivity index (χ0) is 11.4. The minimum absolute atomic E-state index is 0.233. The number of carbonyl (C=O) groups is 1. The van der Waals surface area contributed by atoms with Gasteiger partial charge in [-0.2, -0.15) is 0 Å². The maximum atomic E-state index is 11.0. The summed E-state index contributed by atoms with van der Waals surface area (Å²) in [5.41, 5.74) is 5.85. The number of nitrogens with zero attached hydrogens (tertiary/aromatic N) is 1. The van der Waals surface area contributed by atoms with Crippen molar-refractivity contribution >= 4 is 5.97 Å². The van der Waals surface area contributed by atoms with Crippen molar-refractivity contribution in [2.24, 2.45) is 11.7 Å². The first-order chi connectivity index (χ1) is 7.06. The predicted octanol–water partition coefficient (Wildman–Crippen LogP) is 0.909. The maximum Gasteiger partial charge on any atom is 0.320 e. The van der Waals surface area contributed by atoms with Crippen LogP contribution in [-0.2, 0) is 4.79 Å². The summed E-state index contributed by atoms with van der Waals surface area (Å²) in [5, 5.41) is 9.03. The van der Waals surface area contributed by atoms with Gasteiger partial charge in [-0.05, 0) is 45.2 Å². The Labute approximate surface area is 91.4 Å². The number of aliphatic carboxylic acids is 1. The topological polar surface area (TPSA) is 66.6 Å². The van der Waals surface area contributed by atoms with E-state index in [1.165, 1.54) is 0 Å². The molecule has 1 rings (SSSR count). The van der Waals surface area contributed by atoms with Gasteiger partial charge in [-0.3, -0.25) is 9.69 Å². The van der Waals surface area contributed by atoms with E-state index in [1.807, 2.05) is 13.8 Å². The summed E-state index contributed by atoms with van der Waals surface area (Å²) in [5.74, 6) is -0.135. The Kier molecular flexibility index (Phi) is 4.54. The second-order valence-corrected chi connectivity index (χ2v) is 4.49. The first kappa shape index (κ1) is 12.5. The van der Waals surface area contributed by atoms with Crippen LogP contribution < -0.4 is 5.73 Å². The molecule has 0 aromatic heterocycles. The van der Waals surface area contributed by atoms with Gasteiger partial charge in [0.05, 0.1) is 0 Å². The molecule has 1 fully saturated rings. The average molecular weight is 214 g/mol. The Morgan fingerprint density at radius 1 is 1.53 bits per heavy atom. The number of hydrogen-bond acceptors (Lipinski definition) is 3. The molecule has 88 valence electrons. The zero-order valence-corrected chi connectivity index (χ0v) is 9.65. The molecule has 1 aliphatic heterocycles. The molecular formula is C11H22N2O2. The number of nitrogens with two attached hydrogens (primary N) is 1.